The molecule has 0 saturated carbocycles. The van der Waals surface area contributed by atoms with Gasteiger partial charge in [-0.15, -0.1) is 0 Å². The Morgan fingerprint density at radius 1 is 0.359 bits per heavy atom. The largest absolute Gasteiger partial charge is 0.417 e. The fourth-order valence-electron chi connectivity index (χ4n) is 8.50. The van der Waals surface area contributed by atoms with Gasteiger partial charge in [0.25, 0.3) is 0 Å². The third-order valence-corrected chi connectivity index (χ3v) is 11.4. The van der Waals surface area contributed by atoms with Gasteiger partial charge in [0.2, 0.25) is 0 Å². The standard InChI is InChI=1S/C54H34F6N4/c1-33-15-14-20-36(29-33)37-27-28-48-42(30-37)41-23-10-13-26-47(41)64(48)49-43(39-21-8-11-24-45(39)53(55,56)57)31-38(32-44(49)40-22-9-12-25-46(40)54(58,59)60)52-62-50(34-16-4-2-5-17-34)61-51(63-52)35-18-6-3-7-19-35/h2-32H,1H3. The highest BCUT2D eigenvalue weighted by molar-refractivity contribution is 6.12. The van der Waals surface area contributed by atoms with Crippen molar-refractivity contribution in [2.24, 2.45) is 0 Å². The number of aryl methyl sites for hydroxylation is 1. The van der Waals surface area contributed by atoms with Crippen LogP contribution >= 0.6 is 0 Å². The average Bonchev–Trinajstić information content (AvgIpc) is 3.64. The van der Waals surface area contributed by atoms with Gasteiger partial charge in [0.15, 0.2) is 17.5 Å². The Bertz CT molecular complexity index is 3240. The highest BCUT2D eigenvalue weighted by atomic mass is 19.4. The molecule has 0 atom stereocenters. The third-order valence-electron chi connectivity index (χ3n) is 11.4. The van der Waals surface area contributed by atoms with Crippen LogP contribution in [-0.2, 0) is 12.4 Å². The molecule has 64 heavy (non-hydrogen) atoms. The first-order valence-electron chi connectivity index (χ1n) is 20.4. The van der Waals surface area contributed by atoms with Crippen LogP contribution in [0.15, 0.2) is 188 Å². The van der Waals surface area contributed by atoms with E-state index in [4.69, 9.17) is 15.0 Å². The number of para-hydroxylation sites is 1. The van der Waals surface area contributed by atoms with Crippen LogP contribution < -0.4 is 0 Å². The third kappa shape index (κ3) is 7.36. The molecule has 0 saturated heterocycles. The molecule has 0 fully saturated rings. The van der Waals surface area contributed by atoms with Crippen LogP contribution in [0.2, 0.25) is 0 Å². The molecule has 312 valence electrons. The highest BCUT2D eigenvalue weighted by Crippen LogP contribution is 2.49. The molecule has 2 heterocycles. The van der Waals surface area contributed by atoms with Crippen molar-refractivity contribution in [1.29, 1.82) is 0 Å². The lowest BCUT2D eigenvalue weighted by atomic mass is 9.88. The van der Waals surface area contributed by atoms with Gasteiger partial charge < -0.3 is 4.57 Å². The number of hydrogen-bond acceptors (Lipinski definition) is 3. The highest BCUT2D eigenvalue weighted by Gasteiger charge is 2.37. The summed E-state index contributed by atoms with van der Waals surface area (Å²) in [5, 5.41) is 1.53. The molecule has 0 amide bonds. The quantitative estimate of drug-likeness (QED) is 0.150. The fraction of sp³-hybridized carbons (Fsp3) is 0.0556. The number of rotatable bonds is 7. The van der Waals surface area contributed by atoms with Crippen LogP contribution in [0.3, 0.4) is 0 Å². The molecule has 0 aliphatic rings. The van der Waals surface area contributed by atoms with Crippen molar-refractivity contribution in [3.05, 3.63) is 205 Å². The van der Waals surface area contributed by atoms with Crippen molar-refractivity contribution in [2.75, 3.05) is 0 Å². The van der Waals surface area contributed by atoms with Crippen LogP contribution in [0, 0.1) is 6.92 Å². The molecule has 10 heteroatoms. The summed E-state index contributed by atoms with van der Waals surface area (Å²) in [4.78, 5) is 14.5. The van der Waals surface area contributed by atoms with Gasteiger partial charge >= 0.3 is 12.4 Å². The van der Waals surface area contributed by atoms with Crippen molar-refractivity contribution in [2.45, 2.75) is 19.3 Å². The Morgan fingerprint density at radius 3 is 1.36 bits per heavy atom. The average molecular weight is 853 g/mol. The Kier molecular flexibility index (Phi) is 9.94. The summed E-state index contributed by atoms with van der Waals surface area (Å²) in [6.07, 6.45) is -9.68. The Balaban J connectivity index is 1.37. The Morgan fingerprint density at radius 2 is 0.812 bits per heavy atom. The minimum Gasteiger partial charge on any atom is -0.308 e. The van der Waals surface area contributed by atoms with Gasteiger partial charge in [-0.05, 0) is 71.6 Å². The molecule has 0 spiro atoms. The van der Waals surface area contributed by atoms with E-state index in [-0.39, 0.29) is 51.0 Å². The van der Waals surface area contributed by atoms with Crippen LogP contribution in [0.5, 0.6) is 0 Å². The van der Waals surface area contributed by atoms with E-state index in [2.05, 4.69) is 6.07 Å². The summed E-state index contributed by atoms with van der Waals surface area (Å²) in [7, 11) is 0. The lowest BCUT2D eigenvalue weighted by Crippen LogP contribution is -2.11. The van der Waals surface area contributed by atoms with E-state index in [0.29, 0.717) is 22.2 Å². The molecular weight excluding hydrogens is 819 g/mol. The van der Waals surface area contributed by atoms with E-state index in [1.54, 1.807) is 22.8 Å². The second-order valence-corrected chi connectivity index (χ2v) is 15.5. The van der Waals surface area contributed by atoms with E-state index >= 15 is 26.3 Å². The van der Waals surface area contributed by atoms with Crippen LogP contribution in [0.25, 0.3) is 95.0 Å². The second kappa shape index (κ2) is 15.8. The molecule has 0 radical (unpaired) electrons. The SMILES string of the molecule is Cc1cccc(-c2ccc3c(c2)c2ccccc2n3-c2c(-c3ccccc3C(F)(F)F)cc(-c3nc(-c4ccccc4)nc(-c4ccccc4)n3)cc2-c2ccccc2C(F)(F)F)c1. The van der Waals surface area contributed by atoms with Gasteiger partial charge in [0.1, 0.15) is 0 Å². The topological polar surface area (TPSA) is 43.6 Å². The number of fused-ring (bicyclic) bond motifs is 3. The minimum atomic E-state index is -4.84. The maximum atomic E-state index is 15.3. The molecule has 0 unspecified atom stereocenters. The normalized spacial score (nSPS) is 12.0. The molecule has 8 aromatic carbocycles. The van der Waals surface area contributed by atoms with Crippen molar-refractivity contribution >= 4 is 21.8 Å². The van der Waals surface area contributed by atoms with Gasteiger partial charge in [-0.3, -0.25) is 0 Å². The molecule has 2 aromatic heterocycles. The van der Waals surface area contributed by atoms with Crippen molar-refractivity contribution in [3.63, 3.8) is 0 Å². The number of aromatic nitrogens is 4. The summed E-state index contributed by atoms with van der Waals surface area (Å²) in [6.45, 7) is 2.00. The van der Waals surface area contributed by atoms with Gasteiger partial charge in [0.05, 0.1) is 27.8 Å². The van der Waals surface area contributed by atoms with E-state index in [9.17, 15) is 0 Å². The predicted molar refractivity (Wildman–Crippen MR) is 242 cm³/mol. The molecule has 0 N–H and O–H groups in total. The first kappa shape index (κ1) is 40.2. The molecular formula is C54H34F6N4. The first-order chi connectivity index (χ1) is 30.9. The van der Waals surface area contributed by atoms with Crippen molar-refractivity contribution in [1.82, 2.24) is 19.5 Å². The predicted octanol–water partition coefficient (Wildman–Crippen LogP) is 15.3. The van der Waals surface area contributed by atoms with Crippen molar-refractivity contribution < 1.29 is 26.3 Å². The van der Waals surface area contributed by atoms with Gasteiger partial charge in [0, 0.05) is 38.6 Å². The zero-order chi connectivity index (χ0) is 44.2. The molecule has 0 aliphatic heterocycles. The van der Waals surface area contributed by atoms with Gasteiger partial charge in [-0.1, -0.05) is 151 Å². The van der Waals surface area contributed by atoms with Crippen LogP contribution in [0.1, 0.15) is 16.7 Å². The second-order valence-electron chi connectivity index (χ2n) is 15.5. The maximum absolute atomic E-state index is 15.3. The summed E-state index contributed by atoms with van der Waals surface area (Å²) < 4.78 is 93.6. The summed E-state index contributed by atoms with van der Waals surface area (Å²) in [5.74, 6) is 0.602. The number of nitrogens with zero attached hydrogens (tertiary/aromatic N) is 4. The van der Waals surface area contributed by atoms with Crippen LogP contribution in [0.4, 0.5) is 26.3 Å². The molecule has 4 nitrogen and oxygen atoms in total. The maximum Gasteiger partial charge on any atom is 0.417 e. The molecule has 0 aliphatic carbocycles. The Hall–Kier alpha value is -7.85. The van der Waals surface area contributed by atoms with E-state index in [0.717, 1.165) is 39.6 Å². The number of benzene rings is 8. The number of alkyl halides is 6. The lowest BCUT2D eigenvalue weighted by Gasteiger charge is -2.24. The number of hydrogen-bond donors (Lipinski definition) is 0. The molecule has 10 rings (SSSR count). The molecule has 10 aromatic rings. The zero-order valence-electron chi connectivity index (χ0n) is 34.0. The molecule has 0 bridgehead atoms. The fourth-order valence-corrected chi connectivity index (χ4v) is 8.50. The number of halogens is 6. The zero-order valence-corrected chi connectivity index (χ0v) is 34.0. The summed E-state index contributed by atoms with van der Waals surface area (Å²) in [5.41, 5.74) is 3.32. The summed E-state index contributed by atoms with van der Waals surface area (Å²) >= 11 is 0. The lowest BCUT2D eigenvalue weighted by molar-refractivity contribution is -0.137. The monoisotopic (exact) mass is 852 g/mol. The van der Waals surface area contributed by atoms with Gasteiger partial charge in [-0.2, -0.15) is 26.3 Å². The van der Waals surface area contributed by atoms with E-state index in [1.807, 2.05) is 122 Å². The minimum absolute atomic E-state index is 0.0192. The van der Waals surface area contributed by atoms with E-state index < -0.39 is 23.5 Å². The Labute approximate surface area is 363 Å². The van der Waals surface area contributed by atoms with Crippen molar-refractivity contribution in [3.8, 4) is 73.2 Å². The summed E-state index contributed by atoms with van der Waals surface area (Å²) in [6, 6.07) is 52.9. The van der Waals surface area contributed by atoms with E-state index in [1.165, 1.54) is 36.4 Å². The smallest absolute Gasteiger partial charge is 0.308 e. The first-order valence-corrected chi connectivity index (χ1v) is 20.4. The van der Waals surface area contributed by atoms with Gasteiger partial charge in [-0.25, -0.2) is 15.0 Å². The van der Waals surface area contributed by atoms with Crippen LogP contribution in [-0.4, -0.2) is 19.5 Å².